The second-order valence-corrected chi connectivity index (χ2v) is 6.84. The van der Waals surface area contributed by atoms with Crippen molar-refractivity contribution in [1.82, 2.24) is 5.32 Å². The number of halogens is 2. The Kier molecular flexibility index (Phi) is 5.46. The van der Waals surface area contributed by atoms with Crippen LogP contribution in [0.5, 0.6) is 0 Å². The van der Waals surface area contributed by atoms with Crippen LogP contribution < -0.4 is 16.0 Å². The van der Waals surface area contributed by atoms with Crippen LogP contribution in [0.3, 0.4) is 0 Å². The fourth-order valence-corrected chi connectivity index (χ4v) is 3.30. The molecule has 6 nitrogen and oxygen atoms in total. The number of amides is 2. The van der Waals surface area contributed by atoms with Gasteiger partial charge in [0.1, 0.15) is 5.82 Å². The Balaban J connectivity index is 1.72. The van der Waals surface area contributed by atoms with Crippen molar-refractivity contribution in [3.63, 3.8) is 0 Å². The van der Waals surface area contributed by atoms with Gasteiger partial charge >= 0.3 is 0 Å². The van der Waals surface area contributed by atoms with Crippen LogP contribution in [0.2, 0.25) is 5.02 Å². The van der Waals surface area contributed by atoms with Gasteiger partial charge in [0, 0.05) is 36.8 Å². The Morgan fingerprint density at radius 1 is 1.30 bits per heavy atom. The summed E-state index contributed by atoms with van der Waals surface area (Å²) in [7, 11) is 0. The van der Waals surface area contributed by atoms with Gasteiger partial charge in [-0.05, 0) is 41.5 Å². The number of nitrogens with one attached hydrogen (secondary N) is 1. The molecule has 1 aliphatic heterocycles. The van der Waals surface area contributed by atoms with Gasteiger partial charge in [0.25, 0.3) is 11.8 Å². The van der Waals surface area contributed by atoms with E-state index in [1.807, 2.05) is 6.07 Å². The number of anilines is 1. The first-order chi connectivity index (χ1) is 12.8. The molecule has 1 aliphatic rings. The van der Waals surface area contributed by atoms with Crippen LogP contribution >= 0.6 is 11.6 Å². The molecule has 3 rings (SSSR count). The molecule has 27 heavy (non-hydrogen) atoms. The van der Waals surface area contributed by atoms with Crippen molar-refractivity contribution in [2.75, 3.05) is 11.4 Å². The van der Waals surface area contributed by atoms with Gasteiger partial charge in [-0.25, -0.2) is 4.39 Å². The number of benzene rings is 2. The van der Waals surface area contributed by atoms with Gasteiger partial charge < -0.3 is 21.1 Å². The summed E-state index contributed by atoms with van der Waals surface area (Å²) in [5.41, 5.74) is 5.28. The molecule has 0 bridgehead atoms. The van der Waals surface area contributed by atoms with Crippen LogP contribution in [0, 0.1) is 5.82 Å². The number of hydrogen-bond acceptors (Lipinski definition) is 4. The van der Waals surface area contributed by atoms with Crippen molar-refractivity contribution in [2.45, 2.75) is 25.1 Å². The summed E-state index contributed by atoms with van der Waals surface area (Å²) in [5.74, 6) is -2.06. The molecule has 1 unspecified atom stereocenters. The molecule has 0 aromatic heterocycles. The van der Waals surface area contributed by atoms with Crippen molar-refractivity contribution in [1.29, 1.82) is 0 Å². The van der Waals surface area contributed by atoms with Gasteiger partial charge in [0.2, 0.25) is 5.60 Å². The largest absolute Gasteiger partial charge is 0.372 e. The van der Waals surface area contributed by atoms with Gasteiger partial charge in [0.05, 0.1) is 0 Å². The summed E-state index contributed by atoms with van der Waals surface area (Å²) in [6.45, 7) is 0.452. The summed E-state index contributed by atoms with van der Waals surface area (Å²) in [6.07, 6.45) is -0.0472. The van der Waals surface area contributed by atoms with E-state index < -0.39 is 23.2 Å². The normalized spacial score (nSPS) is 19.4. The fraction of sp³-hybridized carbons (Fsp3) is 0.263. The lowest BCUT2D eigenvalue weighted by Gasteiger charge is -2.22. The highest BCUT2D eigenvalue weighted by molar-refractivity contribution is 6.30. The Bertz CT molecular complexity index is 872. The number of carbonyl (C=O) groups excluding carboxylic acids is 2. The number of nitrogens with zero attached hydrogens (tertiary/aromatic N) is 1. The van der Waals surface area contributed by atoms with Crippen molar-refractivity contribution in [2.24, 2.45) is 5.73 Å². The molecule has 8 heteroatoms. The van der Waals surface area contributed by atoms with Crippen molar-refractivity contribution in [3.05, 3.63) is 64.4 Å². The molecule has 2 aromatic carbocycles. The molecule has 142 valence electrons. The molecule has 0 aliphatic carbocycles. The van der Waals surface area contributed by atoms with Gasteiger partial charge in [-0.1, -0.05) is 23.7 Å². The molecule has 1 saturated heterocycles. The first-order valence-electron chi connectivity index (χ1n) is 8.40. The van der Waals surface area contributed by atoms with Crippen LogP contribution in [-0.2, 0) is 22.7 Å². The summed E-state index contributed by atoms with van der Waals surface area (Å²) in [4.78, 5) is 26.5. The van der Waals surface area contributed by atoms with Crippen LogP contribution in [0.25, 0.3) is 0 Å². The second kappa shape index (κ2) is 7.64. The molecular formula is C19H19ClFN3O3. The van der Waals surface area contributed by atoms with E-state index in [2.05, 4.69) is 5.32 Å². The maximum absolute atomic E-state index is 13.4. The third kappa shape index (κ3) is 3.95. The molecule has 2 amide bonds. The van der Waals surface area contributed by atoms with E-state index in [1.54, 1.807) is 18.2 Å². The van der Waals surface area contributed by atoms with Gasteiger partial charge in [-0.15, -0.1) is 0 Å². The van der Waals surface area contributed by atoms with Crippen molar-refractivity contribution >= 4 is 29.1 Å². The standard InChI is InChI=1S/C19H19ClFN3O3/c20-14-6-13(7-15(21)9-14)11-23-17(25)19(27)4-5-24(18(19)26)16-3-1-2-12(8-16)10-22/h1-3,6-9,27H,4-5,10-11,22H2,(H,23,25). The van der Waals surface area contributed by atoms with E-state index in [-0.39, 0.29) is 24.5 Å². The zero-order chi connectivity index (χ0) is 19.6. The molecule has 0 spiro atoms. The second-order valence-electron chi connectivity index (χ2n) is 6.40. The molecule has 4 N–H and O–H groups in total. The van der Waals surface area contributed by atoms with Crippen molar-refractivity contribution < 1.29 is 19.1 Å². The van der Waals surface area contributed by atoms with Gasteiger partial charge in [0.15, 0.2) is 0 Å². The Hall–Kier alpha value is -2.48. The predicted octanol–water partition coefficient (Wildman–Crippen LogP) is 1.72. The van der Waals surface area contributed by atoms with E-state index in [4.69, 9.17) is 17.3 Å². The minimum absolute atomic E-state index is 0.0472. The molecule has 0 saturated carbocycles. The Labute approximate surface area is 160 Å². The number of hydrogen-bond donors (Lipinski definition) is 3. The van der Waals surface area contributed by atoms with Crippen LogP contribution in [-0.4, -0.2) is 29.1 Å². The number of rotatable bonds is 5. The Morgan fingerprint density at radius 3 is 2.78 bits per heavy atom. The summed E-state index contributed by atoms with van der Waals surface area (Å²) >= 11 is 5.78. The first kappa shape index (κ1) is 19.3. The number of nitrogens with two attached hydrogens (primary N) is 1. The highest BCUT2D eigenvalue weighted by Crippen LogP contribution is 2.29. The third-order valence-corrected chi connectivity index (χ3v) is 4.72. The molecule has 0 radical (unpaired) electrons. The summed E-state index contributed by atoms with van der Waals surface area (Å²) in [6, 6.07) is 10.9. The topological polar surface area (TPSA) is 95.7 Å². The zero-order valence-corrected chi connectivity index (χ0v) is 15.2. The average Bonchev–Trinajstić information content (AvgIpc) is 2.95. The van der Waals surface area contributed by atoms with E-state index in [9.17, 15) is 19.1 Å². The third-order valence-electron chi connectivity index (χ3n) is 4.51. The van der Waals surface area contributed by atoms with E-state index >= 15 is 0 Å². The fourth-order valence-electron chi connectivity index (χ4n) is 3.06. The predicted molar refractivity (Wildman–Crippen MR) is 99.5 cm³/mol. The number of aliphatic hydroxyl groups is 1. The smallest absolute Gasteiger partial charge is 0.268 e. The van der Waals surface area contributed by atoms with E-state index in [0.717, 1.165) is 11.6 Å². The highest BCUT2D eigenvalue weighted by atomic mass is 35.5. The van der Waals surface area contributed by atoms with Crippen LogP contribution in [0.1, 0.15) is 17.5 Å². The first-order valence-corrected chi connectivity index (χ1v) is 8.78. The quantitative estimate of drug-likeness (QED) is 0.676. The van der Waals surface area contributed by atoms with Crippen LogP contribution in [0.4, 0.5) is 10.1 Å². The molecule has 1 heterocycles. The lowest BCUT2D eigenvalue weighted by molar-refractivity contribution is -0.149. The maximum atomic E-state index is 13.4. The van der Waals surface area contributed by atoms with E-state index in [1.165, 1.54) is 17.0 Å². The lowest BCUT2D eigenvalue weighted by Crippen LogP contribution is -2.52. The van der Waals surface area contributed by atoms with E-state index in [0.29, 0.717) is 17.8 Å². The maximum Gasteiger partial charge on any atom is 0.268 e. The lowest BCUT2D eigenvalue weighted by atomic mass is 10.0. The minimum Gasteiger partial charge on any atom is -0.372 e. The van der Waals surface area contributed by atoms with Gasteiger partial charge in [-0.3, -0.25) is 9.59 Å². The average molecular weight is 392 g/mol. The van der Waals surface area contributed by atoms with Crippen LogP contribution in [0.15, 0.2) is 42.5 Å². The van der Waals surface area contributed by atoms with Crippen molar-refractivity contribution in [3.8, 4) is 0 Å². The molecule has 2 aromatic rings. The summed E-state index contributed by atoms with van der Waals surface area (Å²) < 4.78 is 13.4. The Morgan fingerprint density at radius 2 is 2.07 bits per heavy atom. The summed E-state index contributed by atoms with van der Waals surface area (Å²) in [5, 5.41) is 13.3. The molecular weight excluding hydrogens is 373 g/mol. The minimum atomic E-state index is -2.17. The SMILES string of the molecule is NCc1cccc(N2CCC(O)(C(=O)NCc3cc(F)cc(Cl)c3)C2=O)c1. The highest BCUT2D eigenvalue weighted by Gasteiger charge is 2.51. The van der Waals surface area contributed by atoms with Gasteiger partial charge in [-0.2, -0.15) is 0 Å². The molecule has 1 fully saturated rings. The molecule has 1 atom stereocenters. The number of carbonyl (C=O) groups is 2. The monoisotopic (exact) mass is 391 g/mol. The zero-order valence-electron chi connectivity index (χ0n) is 14.4.